The summed E-state index contributed by atoms with van der Waals surface area (Å²) in [6.07, 6.45) is 11.0. The molecule has 0 saturated carbocycles. The molecule has 1 aromatic heterocycles. The fraction of sp³-hybridized carbons (Fsp3) is 0.200. The Morgan fingerprint density at radius 3 is 2.75 bits per heavy atom. The Labute approximate surface area is 71.7 Å². The minimum absolute atomic E-state index is 0.966. The van der Waals surface area contributed by atoms with Crippen molar-refractivity contribution in [2.45, 2.75) is 13.3 Å². The molecule has 1 aliphatic carbocycles. The molecule has 2 heteroatoms. The number of aromatic nitrogens is 2. The molecule has 60 valence electrons. The normalized spacial score (nSPS) is 14.1. The summed E-state index contributed by atoms with van der Waals surface area (Å²) >= 11 is 0. The van der Waals surface area contributed by atoms with Gasteiger partial charge in [-0.05, 0) is 25.5 Å². The third-order valence-electron chi connectivity index (χ3n) is 1.77. The second-order valence-electron chi connectivity index (χ2n) is 2.82. The third kappa shape index (κ3) is 1.28. The molecular weight excluding hydrogens is 148 g/mol. The first-order valence-corrected chi connectivity index (χ1v) is 4.03. The first-order chi connectivity index (χ1) is 5.86. The van der Waals surface area contributed by atoms with Crippen LogP contribution >= 0.6 is 0 Å². The third-order valence-corrected chi connectivity index (χ3v) is 1.77. The van der Waals surface area contributed by atoms with Crippen molar-refractivity contribution >= 4 is 12.2 Å². The van der Waals surface area contributed by atoms with Crippen molar-refractivity contribution in [3.63, 3.8) is 0 Å². The smallest absolute Gasteiger partial charge is 0.0886 e. The number of rotatable bonds is 0. The largest absolute Gasteiger partial charge is 0.253 e. The highest BCUT2D eigenvalue weighted by Crippen LogP contribution is 2.12. The van der Waals surface area contributed by atoms with Gasteiger partial charge in [-0.3, -0.25) is 4.98 Å². The average Bonchev–Trinajstić information content (AvgIpc) is 2.28. The Morgan fingerprint density at radius 1 is 1.17 bits per heavy atom. The highest BCUT2D eigenvalue weighted by molar-refractivity contribution is 5.61. The van der Waals surface area contributed by atoms with Crippen LogP contribution in [0.5, 0.6) is 0 Å². The molecule has 0 bridgehead atoms. The van der Waals surface area contributed by atoms with Crippen LogP contribution in [-0.2, 0) is 0 Å². The first kappa shape index (κ1) is 7.22. The van der Waals surface area contributed by atoms with Crippen molar-refractivity contribution in [3.05, 3.63) is 35.4 Å². The zero-order chi connectivity index (χ0) is 8.39. The van der Waals surface area contributed by atoms with Crippen LogP contribution in [0.25, 0.3) is 12.2 Å². The average molecular weight is 158 g/mol. The van der Waals surface area contributed by atoms with Gasteiger partial charge in [0.1, 0.15) is 0 Å². The molecule has 2 nitrogen and oxygen atoms in total. The van der Waals surface area contributed by atoms with Crippen LogP contribution in [0.4, 0.5) is 0 Å². The second-order valence-corrected chi connectivity index (χ2v) is 2.82. The molecule has 1 aromatic rings. The summed E-state index contributed by atoms with van der Waals surface area (Å²) in [5.74, 6) is 0. The summed E-state index contributed by atoms with van der Waals surface area (Å²) in [5.41, 5.74) is 2.91. The van der Waals surface area contributed by atoms with Crippen LogP contribution in [0.3, 0.4) is 0 Å². The molecule has 1 aliphatic rings. The van der Waals surface area contributed by atoms with Gasteiger partial charge in [0.05, 0.1) is 17.1 Å². The first-order valence-electron chi connectivity index (χ1n) is 4.03. The van der Waals surface area contributed by atoms with Gasteiger partial charge in [0.15, 0.2) is 0 Å². The quantitative estimate of drug-likeness (QED) is 0.578. The minimum Gasteiger partial charge on any atom is -0.253 e. The summed E-state index contributed by atoms with van der Waals surface area (Å²) in [5, 5.41) is 0. The van der Waals surface area contributed by atoms with Gasteiger partial charge in [0, 0.05) is 6.20 Å². The molecule has 0 saturated heterocycles. The molecule has 0 spiro atoms. The summed E-state index contributed by atoms with van der Waals surface area (Å²) in [6.45, 7) is 1.95. The van der Waals surface area contributed by atoms with Gasteiger partial charge < -0.3 is 0 Å². The maximum absolute atomic E-state index is 4.37. The van der Waals surface area contributed by atoms with E-state index in [0.717, 1.165) is 23.5 Å². The number of nitrogens with zero attached hydrogens (tertiary/aromatic N) is 2. The number of fused-ring (bicyclic) bond motifs is 1. The van der Waals surface area contributed by atoms with Gasteiger partial charge in [-0.25, -0.2) is 4.98 Å². The lowest BCUT2D eigenvalue weighted by Crippen LogP contribution is -1.92. The maximum Gasteiger partial charge on any atom is 0.0886 e. The van der Waals surface area contributed by atoms with E-state index in [-0.39, 0.29) is 0 Å². The highest BCUT2D eigenvalue weighted by atomic mass is 14.8. The lowest BCUT2D eigenvalue weighted by atomic mass is 10.3. The van der Waals surface area contributed by atoms with Crippen molar-refractivity contribution in [1.29, 1.82) is 0 Å². The zero-order valence-corrected chi connectivity index (χ0v) is 6.99. The van der Waals surface area contributed by atoms with Crippen molar-refractivity contribution in [2.24, 2.45) is 0 Å². The summed E-state index contributed by atoms with van der Waals surface area (Å²) in [6, 6.07) is 0. The standard InChI is InChI=1S/C10H10N2/c1-8-7-11-9-5-3-2-4-6-10(9)12-8/h3-7H,2H2,1H3. The van der Waals surface area contributed by atoms with Gasteiger partial charge in [-0.1, -0.05) is 12.2 Å². The van der Waals surface area contributed by atoms with E-state index in [4.69, 9.17) is 0 Å². The monoisotopic (exact) mass is 158 g/mol. The number of hydrogen-bond donors (Lipinski definition) is 0. The van der Waals surface area contributed by atoms with E-state index in [2.05, 4.69) is 22.1 Å². The van der Waals surface area contributed by atoms with Gasteiger partial charge in [0.2, 0.25) is 0 Å². The van der Waals surface area contributed by atoms with Crippen molar-refractivity contribution in [2.75, 3.05) is 0 Å². The van der Waals surface area contributed by atoms with Crippen molar-refractivity contribution in [1.82, 2.24) is 9.97 Å². The van der Waals surface area contributed by atoms with Crippen LogP contribution in [-0.4, -0.2) is 9.97 Å². The van der Waals surface area contributed by atoms with Crippen LogP contribution in [0.2, 0.25) is 0 Å². The highest BCUT2D eigenvalue weighted by Gasteiger charge is 2.00. The minimum atomic E-state index is 0.966. The van der Waals surface area contributed by atoms with E-state index in [1.165, 1.54) is 0 Å². The topological polar surface area (TPSA) is 25.8 Å². The molecule has 0 amide bonds. The Kier molecular flexibility index (Phi) is 1.74. The maximum atomic E-state index is 4.37. The molecule has 0 aliphatic heterocycles. The molecule has 0 radical (unpaired) electrons. The van der Waals surface area contributed by atoms with Gasteiger partial charge >= 0.3 is 0 Å². The van der Waals surface area contributed by atoms with Gasteiger partial charge in [-0.2, -0.15) is 0 Å². The molecule has 2 rings (SSSR count). The SMILES string of the molecule is Cc1cnc2c(n1)C=CCC=C2. The van der Waals surface area contributed by atoms with E-state index in [1.807, 2.05) is 19.1 Å². The Morgan fingerprint density at radius 2 is 1.92 bits per heavy atom. The van der Waals surface area contributed by atoms with E-state index < -0.39 is 0 Å². The number of hydrogen-bond acceptors (Lipinski definition) is 2. The predicted molar refractivity (Wildman–Crippen MR) is 49.5 cm³/mol. The second kappa shape index (κ2) is 2.89. The Hall–Kier alpha value is -1.44. The summed E-state index contributed by atoms with van der Waals surface area (Å²) in [4.78, 5) is 8.65. The van der Waals surface area contributed by atoms with E-state index in [1.54, 1.807) is 6.20 Å². The Bertz CT molecular complexity index is 351. The molecule has 0 aromatic carbocycles. The van der Waals surface area contributed by atoms with Crippen LogP contribution in [0.15, 0.2) is 18.3 Å². The summed E-state index contributed by atoms with van der Waals surface area (Å²) < 4.78 is 0. The summed E-state index contributed by atoms with van der Waals surface area (Å²) in [7, 11) is 0. The lowest BCUT2D eigenvalue weighted by Gasteiger charge is -1.98. The lowest BCUT2D eigenvalue weighted by molar-refractivity contribution is 1.09. The zero-order valence-electron chi connectivity index (χ0n) is 6.99. The molecule has 0 N–H and O–H groups in total. The molecule has 1 heterocycles. The van der Waals surface area contributed by atoms with E-state index in [0.29, 0.717) is 0 Å². The molecule has 0 atom stereocenters. The number of allylic oxidation sites excluding steroid dienone is 2. The molecule has 12 heavy (non-hydrogen) atoms. The Balaban J connectivity index is 2.58. The fourth-order valence-electron chi connectivity index (χ4n) is 1.19. The van der Waals surface area contributed by atoms with Crippen LogP contribution in [0.1, 0.15) is 23.5 Å². The van der Waals surface area contributed by atoms with Crippen LogP contribution in [0, 0.1) is 6.92 Å². The van der Waals surface area contributed by atoms with Gasteiger partial charge in [-0.15, -0.1) is 0 Å². The van der Waals surface area contributed by atoms with E-state index in [9.17, 15) is 0 Å². The van der Waals surface area contributed by atoms with E-state index >= 15 is 0 Å². The van der Waals surface area contributed by atoms with Crippen molar-refractivity contribution in [3.8, 4) is 0 Å². The molecule has 0 fully saturated rings. The molecule has 0 unspecified atom stereocenters. The fourth-order valence-corrected chi connectivity index (χ4v) is 1.19. The predicted octanol–water partition coefficient (Wildman–Crippen LogP) is 2.22. The molecular formula is C10H10N2. The van der Waals surface area contributed by atoms with Crippen molar-refractivity contribution < 1.29 is 0 Å². The number of aryl methyl sites for hydroxylation is 1. The van der Waals surface area contributed by atoms with Gasteiger partial charge in [0.25, 0.3) is 0 Å². The van der Waals surface area contributed by atoms with Crippen LogP contribution < -0.4 is 0 Å².